The minimum atomic E-state index is -4.13. The molecule has 0 aliphatic heterocycles. The number of rotatable bonds is 2. The van der Waals surface area contributed by atoms with Gasteiger partial charge in [-0.05, 0) is 24.3 Å². The van der Waals surface area contributed by atoms with Gasteiger partial charge in [-0.25, -0.2) is 0 Å². The third-order valence-corrected chi connectivity index (χ3v) is 2.13. The maximum absolute atomic E-state index is 10.4. The van der Waals surface area contributed by atoms with Crippen LogP contribution in [0, 0.1) is 0 Å². The van der Waals surface area contributed by atoms with Crippen molar-refractivity contribution in [3.8, 4) is 5.75 Å². The molecular formula is C8H13NO5S. The normalized spacial score (nSPS) is 10.3. The van der Waals surface area contributed by atoms with Crippen molar-refractivity contribution in [3.63, 3.8) is 0 Å². The molecule has 0 aliphatic rings. The molecule has 0 saturated heterocycles. The molecule has 0 unspecified atom stereocenters. The highest BCUT2D eigenvalue weighted by Crippen LogP contribution is 2.13. The van der Waals surface area contributed by atoms with E-state index in [1.165, 1.54) is 12.1 Å². The Labute approximate surface area is 87.7 Å². The standard InChI is InChI=1S/C6H6O4S.C2H7NO/c7-5-1-3-6(4-2-5)11(8,9)10;3-1-2-4/h1-4,7H,(H,8,9,10);4H,1-3H2. The molecule has 0 aliphatic carbocycles. The number of phenols is 1. The lowest BCUT2D eigenvalue weighted by Crippen LogP contribution is -2.02. The average molecular weight is 235 g/mol. The Balaban J connectivity index is 0.000000423. The van der Waals surface area contributed by atoms with Gasteiger partial charge in [-0.3, -0.25) is 4.55 Å². The second-order valence-electron chi connectivity index (χ2n) is 2.48. The predicted molar refractivity (Wildman–Crippen MR) is 54.1 cm³/mol. The number of nitrogens with two attached hydrogens (primary N) is 1. The number of hydrogen-bond acceptors (Lipinski definition) is 5. The van der Waals surface area contributed by atoms with E-state index in [0.717, 1.165) is 12.1 Å². The lowest BCUT2D eigenvalue weighted by molar-refractivity contribution is 0.306. The van der Waals surface area contributed by atoms with E-state index in [9.17, 15) is 8.42 Å². The number of aromatic hydroxyl groups is 1. The van der Waals surface area contributed by atoms with Crippen molar-refractivity contribution in [2.75, 3.05) is 13.2 Å². The summed E-state index contributed by atoms with van der Waals surface area (Å²) in [5.74, 6) is -0.0441. The Hall–Kier alpha value is -1.15. The molecule has 86 valence electrons. The second-order valence-corrected chi connectivity index (χ2v) is 3.90. The van der Waals surface area contributed by atoms with Crippen molar-refractivity contribution in [2.24, 2.45) is 5.73 Å². The van der Waals surface area contributed by atoms with Crippen molar-refractivity contribution in [1.29, 1.82) is 0 Å². The van der Waals surface area contributed by atoms with Gasteiger partial charge >= 0.3 is 0 Å². The Morgan fingerprint density at radius 1 is 1.20 bits per heavy atom. The second kappa shape index (κ2) is 6.36. The van der Waals surface area contributed by atoms with Crippen molar-refractivity contribution < 1.29 is 23.2 Å². The van der Waals surface area contributed by atoms with Gasteiger partial charge in [0.15, 0.2) is 0 Å². The fourth-order valence-electron chi connectivity index (χ4n) is 0.618. The summed E-state index contributed by atoms with van der Waals surface area (Å²) in [4.78, 5) is -0.227. The first-order chi connectivity index (χ1) is 6.91. The largest absolute Gasteiger partial charge is 0.508 e. The highest BCUT2D eigenvalue weighted by atomic mass is 32.2. The van der Waals surface area contributed by atoms with E-state index in [1.807, 2.05) is 0 Å². The van der Waals surface area contributed by atoms with E-state index in [2.05, 4.69) is 0 Å². The van der Waals surface area contributed by atoms with Crippen LogP contribution in [-0.2, 0) is 10.1 Å². The number of hydrogen-bond donors (Lipinski definition) is 4. The van der Waals surface area contributed by atoms with Crippen LogP contribution in [0.2, 0.25) is 0 Å². The molecule has 1 rings (SSSR count). The van der Waals surface area contributed by atoms with Gasteiger partial charge in [-0.1, -0.05) is 0 Å². The Morgan fingerprint density at radius 2 is 1.60 bits per heavy atom. The summed E-state index contributed by atoms with van der Waals surface area (Å²) in [5, 5.41) is 16.5. The Morgan fingerprint density at radius 3 is 1.87 bits per heavy atom. The molecule has 0 fully saturated rings. The molecule has 0 radical (unpaired) electrons. The summed E-state index contributed by atoms with van der Waals surface area (Å²) >= 11 is 0. The van der Waals surface area contributed by atoms with E-state index in [0.29, 0.717) is 6.54 Å². The average Bonchev–Trinajstić information content (AvgIpc) is 2.17. The molecule has 0 amide bonds. The number of benzene rings is 1. The van der Waals surface area contributed by atoms with Gasteiger partial charge in [0.2, 0.25) is 0 Å². The van der Waals surface area contributed by atoms with Crippen LogP contribution in [0.1, 0.15) is 0 Å². The molecule has 6 nitrogen and oxygen atoms in total. The molecule has 7 heteroatoms. The van der Waals surface area contributed by atoms with Crippen molar-refractivity contribution in [2.45, 2.75) is 4.90 Å². The Kier molecular flexibility index (Phi) is 5.87. The van der Waals surface area contributed by atoms with Gasteiger partial charge in [0.25, 0.3) is 10.1 Å². The van der Waals surface area contributed by atoms with Gasteiger partial charge in [0.1, 0.15) is 5.75 Å². The van der Waals surface area contributed by atoms with Crippen molar-refractivity contribution >= 4 is 10.1 Å². The molecule has 0 heterocycles. The zero-order chi connectivity index (χ0) is 11.9. The first-order valence-corrected chi connectivity index (χ1v) is 5.43. The molecule has 0 bridgehead atoms. The zero-order valence-electron chi connectivity index (χ0n) is 7.87. The van der Waals surface area contributed by atoms with E-state index in [4.69, 9.17) is 20.5 Å². The molecule has 0 saturated carbocycles. The maximum Gasteiger partial charge on any atom is 0.294 e. The van der Waals surface area contributed by atoms with Crippen LogP contribution in [0.5, 0.6) is 5.75 Å². The van der Waals surface area contributed by atoms with Crippen molar-refractivity contribution in [1.82, 2.24) is 0 Å². The zero-order valence-corrected chi connectivity index (χ0v) is 8.68. The molecule has 0 aromatic heterocycles. The summed E-state index contributed by atoms with van der Waals surface area (Å²) < 4.78 is 29.3. The van der Waals surface area contributed by atoms with Crippen LogP contribution in [0.3, 0.4) is 0 Å². The van der Waals surface area contributed by atoms with E-state index >= 15 is 0 Å². The summed E-state index contributed by atoms with van der Waals surface area (Å²) in [6, 6.07) is 4.60. The van der Waals surface area contributed by atoms with Crippen LogP contribution < -0.4 is 5.73 Å². The van der Waals surface area contributed by atoms with E-state index in [1.54, 1.807) is 0 Å². The molecule has 0 atom stereocenters. The van der Waals surface area contributed by atoms with Gasteiger partial charge in [-0.15, -0.1) is 0 Å². The number of aliphatic hydroxyl groups is 1. The highest BCUT2D eigenvalue weighted by molar-refractivity contribution is 7.85. The molecular weight excluding hydrogens is 222 g/mol. The quantitative estimate of drug-likeness (QED) is 0.516. The van der Waals surface area contributed by atoms with Gasteiger partial charge in [0, 0.05) is 6.54 Å². The lowest BCUT2D eigenvalue weighted by Gasteiger charge is -1.94. The number of aliphatic hydroxyl groups excluding tert-OH is 1. The maximum atomic E-state index is 10.4. The van der Waals surface area contributed by atoms with Crippen LogP contribution in [-0.4, -0.2) is 36.3 Å². The minimum absolute atomic E-state index is 0.0441. The lowest BCUT2D eigenvalue weighted by atomic mass is 10.3. The Bertz CT molecular complexity index is 371. The first-order valence-electron chi connectivity index (χ1n) is 3.99. The molecule has 1 aromatic carbocycles. The third kappa shape index (κ3) is 6.02. The summed E-state index contributed by atoms with van der Waals surface area (Å²) in [6.07, 6.45) is 0. The number of phenolic OH excluding ortho intramolecular Hbond substituents is 1. The van der Waals surface area contributed by atoms with Gasteiger partial charge < -0.3 is 15.9 Å². The molecule has 0 spiro atoms. The molecule has 5 N–H and O–H groups in total. The van der Waals surface area contributed by atoms with Crippen molar-refractivity contribution in [3.05, 3.63) is 24.3 Å². The van der Waals surface area contributed by atoms with Crippen LogP contribution in [0.15, 0.2) is 29.2 Å². The van der Waals surface area contributed by atoms with Gasteiger partial charge in [-0.2, -0.15) is 8.42 Å². The fraction of sp³-hybridized carbons (Fsp3) is 0.250. The van der Waals surface area contributed by atoms with Crippen LogP contribution in [0.4, 0.5) is 0 Å². The summed E-state index contributed by atoms with van der Waals surface area (Å²) in [6.45, 7) is 0.472. The highest BCUT2D eigenvalue weighted by Gasteiger charge is 2.07. The first kappa shape index (κ1) is 13.8. The van der Waals surface area contributed by atoms with Crippen LogP contribution in [0.25, 0.3) is 0 Å². The predicted octanol–water partition coefficient (Wildman–Crippen LogP) is -0.424. The van der Waals surface area contributed by atoms with Crippen LogP contribution >= 0.6 is 0 Å². The molecule has 1 aromatic rings. The minimum Gasteiger partial charge on any atom is -0.508 e. The smallest absolute Gasteiger partial charge is 0.294 e. The topological polar surface area (TPSA) is 121 Å². The monoisotopic (exact) mass is 235 g/mol. The summed E-state index contributed by atoms with van der Waals surface area (Å²) in [5.41, 5.74) is 4.78. The fourth-order valence-corrected chi connectivity index (χ4v) is 1.10. The SMILES string of the molecule is NCCO.O=S(=O)(O)c1ccc(O)cc1. The van der Waals surface area contributed by atoms with E-state index in [-0.39, 0.29) is 17.3 Å². The molecule has 15 heavy (non-hydrogen) atoms. The van der Waals surface area contributed by atoms with Gasteiger partial charge in [0.05, 0.1) is 11.5 Å². The summed E-state index contributed by atoms with van der Waals surface area (Å²) in [7, 11) is -4.13. The van der Waals surface area contributed by atoms with E-state index < -0.39 is 10.1 Å². The third-order valence-electron chi connectivity index (χ3n) is 1.26.